The number of carbonyl (C=O) groups excluding carboxylic acids is 1. The van der Waals surface area contributed by atoms with Gasteiger partial charge in [0.15, 0.2) is 5.82 Å². The van der Waals surface area contributed by atoms with Crippen molar-refractivity contribution in [2.45, 2.75) is 19.9 Å². The van der Waals surface area contributed by atoms with Crippen molar-refractivity contribution in [2.75, 3.05) is 19.0 Å². The fourth-order valence-electron chi connectivity index (χ4n) is 2.65. The van der Waals surface area contributed by atoms with Crippen molar-refractivity contribution < 1.29 is 9.53 Å². The summed E-state index contributed by atoms with van der Waals surface area (Å²) in [5.41, 5.74) is 2.53. The number of hydrogen-bond acceptors (Lipinski definition) is 6. The number of carbonyl (C=O) groups is 1. The summed E-state index contributed by atoms with van der Waals surface area (Å²) in [6.07, 6.45) is 3.69. The van der Waals surface area contributed by atoms with Crippen molar-refractivity contribution in [3.63, 3.8) is 0 Å². The maximum absolute atomic E-state index is 12.3. The lowest BCUT2D eigenvalue weighted by Gasteiger charge is -2.09. The molecule has 0 saturated carbocycles. The average Bonchev–Trinajstić information content (AvgIpc) is 2.74. The molecule has 1 aromatic carbocycles. The Morgan fingerprint density at radius 2 is 1.82 bits per heavy atom. The molecule has 28 heavy (non-hydrogen) atoms. The average molecular weight is 377 g/mol. The van der Waals surface area contributed by atoms with E-state index in [1.54, 1.807) is 19.4 Å². The van der Waals surface area contributed by atoms with Crippen LogP contribution in [0.3, 0.4) is 0 Å². The minimum atomic E-state index is -0.0701. The zero-order chi connectivity index (χ0) is 19.8. The van der Waals surface area contributed by atoms with Crippen LogP contribution in [0.25, 0.3) is 11.4 Å². The molecular weight excluding hydrogens is 354 g/mol. The molecule has 7 nitrogen and oxygen atoms in total. The molecule has 2 heterocycles. The fourth-order valence-corrected chi connectivity index (χ4v) is 2.65. The Hall–Kier alpha value is -3.48. The van der Waals surface area contributed by atoms with E-state index in [2.05, 4.69) is 25.6 Å². The van der Waals surface area contributed by atoms with Gasteiger partial charge in [-0.25, -0.2) is 9.97 Å². The van der Waals surface area contributed by atoms with Gasteiger partial charge >= 0.3 is 0 Å². The molecule has 0 bridgehead atoms. The zero-order valence-electron chi connectivity index (χ0n) is 16.0. The largest absolute Gasteiger partial charge is 0.494 e. The predicted octanol–water partition coefficient (Wildman–Crippen LogP) is 2.84. The minimum Gasteiger partial charge on any atom is -0.494 e. The van der Waals surface area contributed by atoms with Crippen molar-refractivity contribution in [3.05, 3.63) is 66.1 Å². The second kappa shape index (κ2) is 9.45. The molecule has 3 aromatic rings. The van der Waals surface area contributed by atoms with Crippen molar-refractivity contribution in [1.82, 2.24) is 20.3 Å². The second-order valence-corrected chi connectivity index (χ2v) is 6.08. The smallest absolute Gasteiger partial charge is 0.224 e. The first kappa shape index (κ1) is 19.3. The van der Waals surface area contributed by atoms with Crippen LogP contribution in [0.5, 0.6) is 5.75 Å². The number of amides is 1. The molecule has 0 unspecified atom stereocenters. The first-order chi connectivity index (χ1) is 13.7. The third-order valence-corrected chi connectivity index (χ3v) is 4.04. The number of nitrogens with zero attached hydrogens (tertiary/aromatic N) is 3. The van der Waals surface area contributed by atoms with Gasteiger partial charge in [-0.3, -0.25) is 9.78 Å². The number of hydrogen-bond donors (Lipinski definition) is 2. The Morgan fingerprint density at radius 1 is 1.07 bits per heavy atom. The molecule has 0 fully saturated rings. The normalized spacial score (nSPS) is 10.4. The molecule has 3 rings (SSSR count). The Labute approximate surface area is 164 Å². The van der Waals surface area contributed by atoms with E-state index in [4.69, 9.17) is 4.74 Å². The van der Waals surface area contributed by atoms with Crippen LogP contribution in [-0.2, 0) is 17.8 Å². The van der Waals surface area contributed by atoms with Gasteiger partial charge in [0, 0.05) is 31.1 Å². The van der Waals surface area contributed by atoms with E-state index in [9.17, 15) is 4.79 Å². The molecule has 144 valence electrons. The SMILES string of the molecule is CCOc1ccc(CC(=O)NCc2cc(NC)nc(-c3ccncc3)n2)cc1. The van der Waals surface area contributed by atoms with Crippen LogP contribution in [0, 0.1) is 0 Å². The number of aromatic nitrogens is 3. The van der Waals surface area contributed by atoms with Gasteiger partial charge in [0.05, 0.1) is 25.3 Å². The zero-order valence-corrected chi connectivity index (χ0v) is 16.0. The molecule has 0 aliphatic carbocycles. The Balaban J connectivity index is 1.64. The molecule has 0 spiro atoms. The van der Waals surface area contributed by atoms with Crippen molar-refractivity contribution in [2.24, 2.45) is 0 Å². The summed E-state index contributed by atoms with van der Waals surface area (Å²) in [6.45, 7) is 2.88. The number of nitrogens with one attached hydrogen (secondary N) is 2. The van der Waals surface area contributed by atoms with Gasteiger partial charge in [-0.15, -0.1) is 0 Å². The molecule has 0 aliphatic heterocycles. The van der Waals surface area contributed by atoms with Gasteiger partial charge in [0.1, 0.15) is 11.6 Å². The molecule has 2 N–H and O–H groups in total. The Morgan fingerprint density at radius 3 is 2.50 bits per heavy atom. The Bertz CT molecular complexity index is 914. The lowest BCUT2D eigenvalue weighted by Crippen LogP contribution is -2.25. The third-order valence-electron chi connectivity index (χ3n) is 4.04. The number of rotatable bonds is 8. The number of pyridine rings is 1. The topological polar surface area (TPSA) is 89.0 Å². The van der Waals surface area contributed by atoms with Crippen LogP contribution in [0.4, 0.5) is 5.82 Å². The van der Waals surface area contributed by atoms with Crippen LogP contribution in [-0.4, -0.2) is 34.5 Å². The highest BCUT2D eigenvalue weighted by molar-refractivity contribution is 5.78. The molecule has 0 saturated heterocycles. The molecule has 7 heteroatoms. The number of benzene rings is 1. The van der Waals surface area contributed by atoms with Crippen molar-refractivity contribution in [1.29, 1.82) is 0 Å². The van der Waals surface area contributed by atoms with Crippen molar-refractivity contribution in [3.8, 4) is 17.1 Å². The van der Waals surface area contributed by atoms with E-state index in [1.165, 1.54) is 0 Å². The number of anilines is 1. The number of ether oxygens (including phenoxy) is 1. The van der Waals surface area contributed by atoms with E-state index in [-0.39, 0.29) is 5.91 Å². The Kier molecular flexibility index (Phi) is 6.51. The molecule has 1 amide bonds. The van der Waals surface area contributed by atoms with E-state index in [0.29, 0.717) is 31.2 Å². The van der Waals surface area contributed by atoms with Crippen LogP contribution in [0.2, 0.25) is 0 Å². The highest BCUT2D eigenvalue weighted by atomic mass is 16.5. The summed E-state index contributed by atoms with van der Waals surface area (Å²) in [4.78, 5) is 25.3. The minimum absolute atomic E-state index is 0.0701. The third kappa shape index (κ3) is 5.26. The van der Waals surface area contributed by atoms with E-state index in [0.717, 1.165) is 22.6 Å². The lowest BCUT2D eigenvalue weighted by atomic mass is 10.1. The lowest BCUT2D eigenvalue weighted by molar-refractivity contribution is -0.120. The molecular formula is C21H23N5O2. The standard InChI is InChI=1S/C21H23N5O2/c1-3-28-18-6-4-15(5-7-18)12-20(27)24-14-17-13-19(22-2)26-21(25-17)16-8-10-23-11-9-16/h4-11,13H,3,12,14H2,1-2H3,(H,24,27)(H,22,25,26). The maximum Gasteiger partial charge on any atom is 0.224 e. The van der Waals surface area contributed by atoms with E-state index in [1.807, 2.05) is 49.4 Å². The van der Waals surface area contributed by atoms with Gasteiger partial charge in [0.25, 0.3) is 0 Å². The monoisotopic (exact) mass is 377 g/mol. The summed E-state index contributed by atoms with van der Waals surface area (Å²) < 4.78 is 5.42. The summed E-state index contributed by atoms with van der Waals surface area (Å²) in [7, 11) is 1.80. The molecule has 0 radical (unpaired) electrons. The highest BCUT2D eigenvalue weighted by Gasteiger charge is 2.09. The summed E-state index contributed by atoms with van der Waals surface area (Å²) in [6, 6.07) is 13.1. The van der Waals surface area contributed by atoms with Crippen LogP contribution >= 0.6 is 0 Å². The van der Waals surface area contributed by atoms with Crippen LogP contribution in [0.15, 0.2) is 54.9 Å². The summed E-state index contributed by atoms with van der Waals surface area (Å²) in [5.74, 6) is 2.01. The van der Waals surface area contributed by atoms with Crippen LogP contribution in [0.1, 0.15) is 18.2 Å². The maximum atomic E-state index is 12.3. The highest BCUT2D eigenvalue weighted by Crippen LogP contribution is 2.17. The van der Waals surface area contributed by atoms with E-state index < -0.39 is 0 Å². The van der Waals surface area contributed by atoms with E-state index >= 15 is 0 Å². The van der Waals surface area contributed by atoms with Gasteiger partial charge < -0.3 is 15.4 Å². The van der Waals surface area contributed by atoms with Gasteiger partial charge in [0.2, 0.25) is 5.91 Å². The summed E-state index contributed by atoms with van der Waals surface area (Å²) in [5, 5.41) is 5.95. The van der Waals surface area contributed by atoms with Crippen molar-refractivity contribution >= 4 is 11.7 Å². The first-order valence-electron chi connectivity index (χ1n) is 9.12. The van der Waals surface area contributed by atoms with Gasteiger partial charge in [-0.05, 0) is 36.8 Å². The fraction of sp³-hybridized carbons (Fsp3) is 0.238. The van der Waals surface area contributed by atoms with Gasteiger partial charge in [-0.1, -0.05) is 12.1 Å². The summed E-state index contributed by atoms with van der Waals surface area (Å²) >= 11 is 0. The molecule has 0 atom stereocenters. The molecule has 2 aromatic heterocycles. The van der Waals surface area contributed by atoms with Crippen LogP contribution < -0.4 is 15.4 Å². The quantitative estimate of drug-likeness (QED) is 0.627. The second-order valence-electron chi connectivity index (χ2n) is 6.08. The van der Waals surface area contributed by atoms with Gasteiger partial charge in [-0.2, -0.15) is 0 Å². The first-order valence-corrected chi connectivity index (χ1v) is 9.12. The predicted molar refractivity (Wildman–Crippen MR) is 108 cm³/mol. The molecule has 0 aliphatic rings.